The van der Waals surface area contributed by atoms with Crippen molar-refractivity contribution in [1.82, 2.24) is 10.8 Å². The molecule has 0 spiro atoms. The number of amides is 4. The Morgan fingerprint density at radius 2 is 1.57 bits per heavy atom. The number of hydrogen-bond acceptors (Lipinski definition) is 4. The summed E-state index contributed by atoms with van der Waals surface area (Å²) in [5.41, 5.74) is 10.8. The summed E-state index contributed by atoms with van der Waals surface area (Å²) >= 11 is 0. The summed E-state index contributed by atoms with van der Waals surface area (Å²) < 4.78 is 0. The Balaban J connectivity index is -0.000000605. The molecule has 10 heteroatoms. The van der Waals surface area contributed by atoms with Gasteiger partial charge in [0.2, 0.25) is 0 Å². The summed E-state index contributed by atoms with van der Waals surface area (Å²) in [4.78, 5) is 34.5. The molecule has 0 aliphatic carbocycles. The number of nitrogens with two attached hydrogens (primary N) is 2. The van der Waals surface area contributed by atoms with E-state index in [-0.39, 0.29) is 34.1 Å². The Morgan fingerprint density at radius 1 is 1.07 bits per heavy atom. The molecule has 8 nitrogen and oxygen atoms in total. The van der Waals surface area contributed by atoms with E-state index in [0.717, 1.165) is 0 Å². The molecule has 0 aromatic carbocycles. The minimum Gasteiger partial charge on any atom is -0.352 e. The summed E-state index contributed by atoms with van der Waals surface area (Å²) in [6.07, 6.45) is 0. The molecule has 90 valence electrons. The van der Waals surface area contributed by atoms with Gasteiger partial charge in [0.05, 0.1) is 0 Å². The molecule has 0 fully saturated rings. The molecule has 4 amide bonds. The van der Waals surface area contributed by atoms with Gasteiger partial charge in [-0.1, -0.05) is 0 Å². The second-order valence-electron chi connectivity index (χ2n) is 1.66. The van der Waals surface area contributed by atoms with E-state index in [1.165, 1.54) is 0 Å². The molecule has 0 aliphatic heterocycles. The molecule has 0 saturated heterocycles. The van der Waals surface area contributed by atoms with Gasteiger partial charge in [-0.05, 0) is 0 Å². The van der Waals surface area contributed by atoms with Crippen LogP contribution in [0.1, 0.15) is 0 Å². The zero-order valence-corrected chi connectivity index (χ0v) is 8.48. The number of hydrogen-bond donors (Lipinski definition) is 4. The average Bonchev–Trinajstić information content (AvgIpc) is 1.96. The van der Waals surface area contributed by atoms with E-state index < -0.39 is 24.6 Å². The van der Waals surface area contributed by atoms with E-state index in [0.29, 0.717) is 0 Å². The van der Waals surface area contributed by atoms with Crippen molar-refractivity contribution in [3.63, 3.8) is 0 Å². The quantitative estimate of drug-likeness (QED) is 0.339. The van der Waals surface area contributed by atoms with Gasteiger partial charge in [-0.3, -0.25) is 0 Å². The maximum absolute atomic E-state index is 10.5. The van der Waals surface area contributed by atoms with Crippen molar-refractivity contribution in [2.75, 3.05) is 6.54 Å². The van der Waals surface area contributed by atoms with Crippen molar-refractivity contribution in [2.24, 2.45) is 11.5 Å². The minimum absolute atomic E-state index is 0. The maximum Gasteiger partial charge on any atom is 0.351 e. The first-order chi connectivity index (χ1) is 5.52. The maximum atomic E-state index is 10.5. The van der Waals surface area contributed by atoms with Crippen molar-refractivity contribution in [2.45, 2.75) is 0 Å². The van der Waals surface area contributed by atoms with E-state index in [1.807, 2.05) is 5.32 Å². The van der Waals surface area contributed by atoms with Crippen LogP contribution in [0.25, 0.3) is 0 Å². The normalized spacial score (nSPS) is 7.14. The Labute approximate surface area is 100 Å². The van der Waals surface area contributed by atoms with E-state index in [4.69, 9.17) is 0 Å². The van der Waals surface area contributed by atoms with Crippen LogP contribution >= 0.6 is 0 Å². The summed E-state index contributed by atoms with van der Waals surface area (Å²) in [6, 6.07) is -1.88. The van der Waals surface area contributed by atoms with Crippen molar-refractivity contribution in [1.29, 1.82) is 0 Å². The summed E-state index contributed by atoms with van der Waals surface area (Å²) in [7, 11) is 0. The van der Waals surface area contributed by atoms with Crippen molar-refractivity contribution < 1.29 is 53.4 Å². The second kappa shape index (κ2) is 10.1. The van der Waals surface area contributed by atoms with Crippen molar-refractivity contribution >= 4 is 18.0 Å². The van der Waals surface area contributed by atoms with Crippen LogP contribution in [0.15, 0.2) is 0 Å². The predicted molar refractivity (Wildman–Crippen MR) is 36.4 cm³/mol. The molecule has 0 aliphatic rings. The monoisotopic (exact) mass is 302 g/mol. The molecule has 2 radical (unpaired) electrons. The number of rotatable bonds is 2. The standard InChI is InChI=1S/C4H8N4O4.2Cu/c5-3(10)7-1-2(9)12-8-4(6)11;;/h1H2,(H3,5,7,10)(H3,6,8,11);;. The fraction of sp³-hybridized carbons (Fsp3) is 0.250. The van der Waals surface area contributed by atoms with Crippen LogP contribution in [0.4, 0.5) is 9.59 Å². The summed E-state index contributed by atoms with van der Waals surface area (Å²) in [5, 5.41) is 1.94. The molecule has 0 bridgehead atoms. The Morgan fingerprint density at radius 3 is 1.93 bits per heavy atom. The van der Waals surface area contributed by atoms with Crippen LogP contribution in [-0.2, 0) is 43.8 Å². The predicted octanol–water partition coefficient (Wildman–Crippen LogP) is -2.22. The molecule has 6 N–H and O–H groups in total. The van der Waals surface area contributed by atoms with E-state index in [2.05, 4.69) is 16.3 Å². The molecule has 14 heavy (non-hydrogen) atoms. The molecule has 0 aromatic heterocycles. The van der Waals surface area contributed by atoms with Crippen LogP contribution in [0, 0.1) is 0 Å². The molecular weight excluding hydrogens is 295 g/mol. The average molecular weight is 303 g/mol. The Hall–Kier alpha value is -0.951. The number of hydroxylamine groups is 1. The number of nitrogens with one attached hydrogen (secondary N) is 2. The first-order valence-electron chi connectivity index (χ1n) is 2.81. The summed E-state index contributed by atoms with van der Waals surface area (Å²) in [5.74, 6) is -0.882. The van der Waals surface area contributed by atoms with Crippen LogP contribution in [0.2, 0.25) is 0 Å². The third-order valence-corrected chi connectivity index (χ3v) is 0.672. The van der Waals surface area contributed by atoms with Crippen molar-refractivity contribution in [3.05, 3.63) is 0 Å². The topological polar surface area (TPSA) is 137 Å². The Kier molecular flexibility index (Phi) is 13.6. The smallest absolute Gasteiger partial charge is 0.351 e. The molecule has 0 saturated carbocycles. The van der Waals surface area contributed by atoms with Gasteiger partial charge in [-0.25, -0.2) is 14.4 Å². The van der Waals surface area contributed by atoms with Gasteiger partial charge >= 0.3 is 18.0 Å². The minimum atomic E-state index is -1.01. The van der Waals surface area contributed by atoms with Gasteiger partial charge in [-0.2, -0.15) is 5.48 Å². The first kappa shape index (κ1) is 18.8. The largest absolute Gasteiger partial charge is 0.352 e. The van der Waals surface area contributed by atoms with Gasteiger partial charge in [0.15, 0.2) is 0 Å². The van der Waals surface area contributed by atoms with Crippen LogP contribution < -0.4 is 22.3 Å². The second-order valence-corrected chi connectivity index (χ2v) is 1.66. The molecular formula is C4H8Cu2N4O4. The third-order valence-electron chi connectivity index (χ3n) is 0.672. The zero-order valence-electron chi connectivity index (χ0n) is 6.60. The zero-order chi connectivity index (χ0) is 9.56. The SMILES string of the molecule is NC(=O)NCC(=O)ONC(N)=O.[Cu].[Cu]. The van der Waals surface area contributed by atoms with Crippen LogP contribution in [-0.4, -0.2) is 24.6 Å². The third kappa shape index (κ3) is 13.6. The number of primary amides is 2. The first-order valence-corrected chi connectivity index (χ1v) is 2.81. The van der Waals surface area contributed by atoms with Crippen molar-refractivity contribution in [3.8, 4) is 0 Å². The van der Waals surface area contributed by atoms with Crippen LogP contribution in [0.3, 0.4) is 0 Å². The summed E-state index contributed by atoms with van der Waals surface area (Å²) in [6.45, 7) is -0.435. The molecule has 0 aromatic rings. The number of carbonyl (C=O) groups is 3. The molecule has 0 heterocycles. The molecule has 0 rings (SSSR count). The van der Waals surface area contributed by atoms with Gasteiger partial charge in [0, 0.05) is 34.1 Å². The van der Waals surface area contributed by atoms with Gasteiger partial charge in [-0.15, -0.1) is 0 Å². The van der Waals surface area contributed by atoms with Gasteiger partial charge in [0.1, 0.15) is 6.54 Å². The number of carbonyl (C=O) groups excluding carboxylic acids is 3. The fourth-order valence-electron chi connectivity index (χ4n) is 0.303. The Bertz CT molecular complexity index is 192. The number of urea groups is 2. The molecule has 0 atom stereocenters. The van der Waals surface area contributed by atoms with Gasteiger partial charge < -0.3 is 21.6 Å². The van der Waals surface area contributed by atoms with Crippen LogP contribution in [0.5, 0.6) is 0 Å². The fourth-order valence-corrected chi connectivity index (χ4v) is 0.303. The van der Waals surface area contributed by atoms with E-state index in [9.17, 15) is 14.4 Å². The molecule has 0 unspecified atom stereocenters. The van der Waals surface area contributed by atoms with Gasteiger partial charge in [0.25, 0.3) is 0 Å². The van der Waals surface area contributed by atoms with E-state index in [1.54, 1.807) is 5.48 Å². The van der Waals surface area contributed by atoms with E-state index >= 15 is 0 Å².